The second-order valence-electron chi connectivity index (χ2n) is 3.80. The lowest BCUT2D eigenvalue weighted by atomic mass is 10.00. The smallest absolute Gasteiger partial charge is 0.283 e. The summed E-state index contributed by atoms with van der Waals surface area (Å²) in [6.45, 7) is 0. The number of hydrogen-bond donors (Lipinski definition) is 0. The van der Waals surface area contributed by atoms with Crippen molar-refractivity contribution in [2.24, 2.45) is 0 Å². The molecule has 116 valence electrons. The van der Waals surface area contributed by atoms with Gasteiger partial charge in [-0.05, 0) is 34.4 Å². The number of carbonyl (C=O) groups is 2. The fraction of sp³-hybridized carbons (Fsp3) is 0.800. The lowest BCUT2D eigenvalue weighted by Crippen LogP contribution is -2.22. The summed E-state index contributed by atoms with van der Waals surface area (Å²) in [5.74, 6) is 0. The van der Waals surface area contributed by atoms with E-state index in [0.717, 1.165) is 49.8 Å². The SMILES string of the molecule is COSC(=O)SSC1(SSC(=O)SOC)CCCCC1. The van der Waals surface area contributed by atoms with Crippen LogP contribution in [-0.4, -0.2) is 27.2 Å². The minimum Gasteiger partial charge on any atom is -0.311 e. The van der Waals surface area contributed by atoms with Gasteiger partial charge in [0.1, 0.15) is 0 Å². The quantitative estimate of drug-likeness (QED) is 0.295. The first-order valence-electron chi connectivity index (χ1n) is 5.82. The molecule has 0 N–H and O–H groups in total. The van der Waals surface area contributed by atoms with Gasteiger partial charge in [-0.15, -0.1) is 0 Å². The molecule has 4 nitrogen and oxygen atoms in total. The van der Waals surface area contributed by atoms with Crippen molar-refractivity contribution in [3.05, 3.63) is 0 Å². The van der Waals surface area contributed by atoms with Crippen LogP contribution in [0.15, 0.2) is 0 Å². The van der Waals surface area contributed by atoms with Crippen LogP contribution >= 0.6 is 67.3 Å². The third kappa shape index (κ3) is 7.57. The Morgan fingerprint density at radius 2 is 1.30 bits per heavy atom. The fourth-order valence-electron chi connectivity index (χ4n) is 1.65. The highest BCUT2D eigenvalue weighted by Crippen LogP contribution is 2.58. The first-order chi connectivity index (χ1) is 9.62. The van der Waals surface area contributed by atoms with Gasteiger partial charge < -0.3 is 8.37 Å². The van der Waals surface area contributed by atoms with Crippen molar-refractivity contribution in [3.63, 3.8) is 0 Å². The minimum atomic E-state index is -0.0818. The van der Waals surface area contributed by atoms with Crippen molar-refractivity contribution in [3.8, 4) is 0 Å². The molecule has 1 aliphatic carbocycles. The monoisotopic (exact) mass is 392 g/mol. The molecule has 0 bridgehead atoms. The maximum atomic E-state index is 11.5. The van der Waals surface area contributed by atoms with Gasteiger partial charge in [0, 0.05) is 0 Å². The van der Waals surface area contributed by atoms with Crippen LogP contribution in [0.4, 0.5) is 9.59 Å². The van der Waals surface area contributed by atoms with Crippen LogP contribution in [0, 0.1) is 0 Å². The molecule has 1 saturated carbocycles. The molecular weight excluding hydrogens is 377 g/mol. The van der Waals surface area contributed by atoms with Crippen molar-refractivity contribution in [2.45, 2.75) is 36.2 Å². The first-order valence-corrected chi connectivity index (χ1v) is 11.6. The standard InChI is InChI=1S/C10H16O4S6/c1-13-15-8(11)17-19-10(6-4-3-5-7-10)20-18-9(12)16-14-2/h3-7H2,1-2H3. The molecule has 0 aliphatic heterocycles. The Hall–Kier alpha value is 1.36. The number of rotatable bonds is 6. The van der Waals surface area contributed by atoms with Crippen LogP contribution in [0.2, 0.25) is 0 Å². The van der Waals surface area contributed by atoms with Gasteiger partial charge in [-0.1, -0.05) is 40.9 Å². The van der Waals surface area contributed by atoms with E-state index in [9.17, 15) is 9.59 Å². The zero-order valence-corrected chi connectivity index (χ0v) is 16.0. The molecule has 0 amide bonds. The Labute approximate surface area is 144 Å². The summed E-state index contributed by atoms with van der Waals surface area (Å²) in [5.41, 5.74) is 0. The second kappa shape index (κ2) is 11.0. The third-order valence-corrected chi connectivity index (χ3v) is 10.9. The maximum Gasteiger partial charge on any atom is 0.283 e. The van der Waals surface area contributed by atoms with Gasteiger partial charge >= 0.3 is 0 Å². The highest BCUT2D eigenvalue weighted by molar-refractivity contribution is 8.93. The average molecular weight is 393 g/mol. The van der Waals surface area contributed by atoms with Gasteiger partial charge in [0.2, 0.25) is 0 Å². The molecule has 0 unspecified atom stereocenters. The van der Waals surface area contributed by atoms with Gasteiger partial charge in [0.25, 0.3) is 8.89 Å². The molecule has 0 aromatic heterocycles. The van der Waals surface area contributed by atoms with Gasteiger partial charge in [-0.25, -0.2) is 0 Å². The van der Waals surface area contributed by atoms with Gasteiger partial charge in [0.15, 0.2) is 0 Å². The summed E-state index contributed by atoms with van der Waals surface area (Å²) in [5, 5.41) is 0. The van der Waals surface area contributed by atoms with Crippen molar-refractivity contribution in [1.82, 2.24) is 0 Å². The zero-order chi connectivity index (χ0) is 14.8. The van der Waals surface area contributed by atoms with E-state index in [4.69, 9.17) is 8.37 Å². The zero-order valence-electron chi connectivity index (χ0n) is 11.1. The molecule has 0 saturated heterocycles. The highest BCUT2D eigenvalue weighted by atomic mass is 33.1. The van der Waals surface area contributed by atoms with Crippen LogP contribution in [0.25, 0.3) is 0 Å². The van der Waals surface area contributed by atoms with Crippen molar-refractivity contribution in [1.29, 1.82) is 0 Å². The molecule has 0 aromatic carbocycles. The summed E-state index contributed by atoms with van der Waals surface area (Å²) < 4.78 is 9.30. The van der Waals surface area contributed by atoms with Crippen molar-refractivity contribution in [2.75, 3.05) is 14.2 Å². The topological polar surface area (TPSA) is 52.6 Å². The van der Waals surface area contributed by atoms with Crippen LogP contribution in [0.5, 0.6) is 0 Å². The molecular formula is C10H16O4S6. The van der Waals surface area contributed by atoms with E-state index >= 15 is 0 Å². The van der Waals surface area contributed by atoms with Gasteiger partial charge in [-0.3, -0.25) is 9.59 Å². The van der Waals surface area contributed by atoms with E-state index in [2.05, 4.69) is 0 Å². The predicted octanol–water partition coefficient (Wildman–Crippen LogP) is 6.24. The van der Waals surface area contributed by atoms with E-state index in [1.54, 1.807) is 21.6 Å². The summed E-state index contributed by atoms with van der Waals surface area (Å²) in [6.07, 6.45) is 5.52. The summed E-state index contributed by atoms with van der Waals surface area (Å²) >= 11 is 1.69. The van der Waals surface area contributed by atoms with Crippen LogP contribution in [0.1, 0.15) is 32.1 Å². The second-order valence-corrected chi connectivity index (χ2v) is 11.3. The lowest BCUT2D eigenvalue weighted by molar-refractivity contribution is 0.274. The van der Waals surface area contributed by atoms with Crippen molar-refractivity contribution >= 4 is 76.2 Å². The third-order valence-electron chi connectivity index (χ3n) is 2.44. The molecule has 1 aliphatic rings. The van der Waals surface area contributed by atoms with Crippen LogP contribution in [-0.2, 0) is 8.37 Å². The normalized spacial score (nSPS) is 17.9. The van der Waals surface area contributed by atoms with Gasteiger partial charge in [0.05, 0.1) is 42.4 Å². The Morgan fingerprint density at radius 3 is 1.70 bits per heavy atom. The Balaban J connectivity index is 2.48. The highest BCUT2D eigenvalue weighted by Gasteiger charge is 2.36. The predicted molar refractivity (Wildman–Crippen MR) is 96.2 cm³/mol. The van der Waals surface area contributed by atoms with Gasteiger partial charge in [-0.2, -0.15) is 0 Å². The summed E-state index contributed by atoms with van der Waals surface area (Å²) in [7, 11) is 8.49. The lowest BCUT2D eigenvalue weighted by Gasteiger charge is -2.34. The summed E-state index contributed by atoms with van der Waals surface area (Å²) in [6, 6.07) is 0. The molecule has 0 aromatic rings. The molecule has 1 rings (SSSR count). The summed E-state index contributed by atoms with van der Waals surface area (Å²) in [4.78, 5) is 23.1. The molecule has 10 heteroatoms. The molecule has 20 heavy (non-hydrogen) atoms. The number of carbonyl (C=O) groups excluding carboxylic acids is 2. The Kier molecular flexibility index (Phi) is 10.7. The molecule has 0 heterocycles. The molecule has 0 spiro atoms. The van der Waals surface area contributed by atoms with E-state index < -0.39 is 0 Å². The first kappa shape index (κ1) is 19.4. The average Bonchev–Trinajstić information content (AvgIpc) is 2.45. The maximum absolute atomic E-state index is 11.5. The van der Waals surface area contributed by atoms with E-state index in [0.29, 0.717) is 0 Å². The van der Waals surface area contributed by atoms with E-state index in [1.165, 1.54) is 42.2 Å². The van der Waals surface area contributed by atoms with E-state index in [1.807, 2.05) is 0 Å². The van der Waals surface area contributed by atoms with E-state index in [-0.39, 0.29) is 13.0 Å². The van der Waals surface area contributed by atoms with Crippen LogP contribution in [0.3, 0.4) is 0 Å². The molecule has 0 atom stereocenters. The largest absolute Gasteiger partial charge is 0.311 e. The fourth-order valence-corrected chi connectivity index (χ4v) is 9.06. The Morgan fingerprint density at radius 1 is 0.850 bits per heavy atom. The van der Waals surface area contributed by atoms with Crippen molar-refractivity contribution < 1.29 is 18.0 Å². The van der Waals surface area contributed by atoms with Crippen LogP contribution < -0.4 is 0 Å². The molecule has 0 radical (unpaired) electrons. The molecule has 1 fully saturated rings. The Bertz CT molecular complexity index is 297. The minimum absolute atomic E-state index is 0.0642. The number of hydrogen-bond acceptors (Lipinski definition) is 10.